The second-order valence-electron chi connectivity index (χ2n) is 6.17. The minimum absolute atomic E-state index is 0.0660. The molecule has 0 aliphatic heterocycles. The summed E-state index contributed by atoms with van der Waals surface area (Å²) in [6.45, 7) is 0.583. The first-order chi connectivity index (χ1) is 13.2. The Labute approximate surface area is 163 Å². The molecule has 0 aliphatic rings. The van der Waals surface area contributed by atoms with Crippen LogP contribution in [0.4, 0.5) is 0 Å². The molecule has 1 N–H and O–H groups in total. The van der Waals surface area contributed by atoms with Crippen molar-refractivity contribution in [2.75, 3.05) is 12.3 Å². The fourth-order valence-electron chi connectivity index (χ4n) is 2.97. The highest BCUT2D eigenvalue weighted by molar-refractivity contribution is 7.99. The van der Waals surface area contributed by atoms with E-state index in [9.17, 15) is 10.0 Å². The summed E-state index contributed by atoms with van der Waals surface area (Å²) in [7, 11) is 0. The summed E-state index contributed by atoms with van der Waals surface area (Å²) in [6.07, 6.45) is 2.25. The van der Waals surface area contributed by atoms with Crippen LogP contribution in [0.3, 0.4) is 0 Å². The van der Waals surface area contributed by atoms with Crippen molar-refractivity contribution in [2.45, 2.75) is 17.4 Å². The molecular formula is C22H22N2O2S. The molecule has 1 aromatic heterocycles. The van der Waals surface area contributed by atoms with Gasteiger partial charge in [0.25, 0.3) is 5.03 Å². The van der Waals surface area contributed by atoms with Crippen LogP contribution in [0.2, 0.25) is 0 Å². The van der Waals surface area contributed by atoms with Gasteiger partial charge in [-0.1, -0.05) is 60.7 Å². The second-order valence-corrected chi connectivity index (χ2v) is 7.16. The molecule has 0 bridgehead atoms. The van der Waals surface area contributed by atoms with Crippen molar-refractivity contribution in [1.29, 1.82) is 0 Å². The third-order valence-electron chi connectivity index (χ3n) is 4.30. The lowest BCUT2D eigenvalue weighted by atomic mass is 9.88. The third-order valence-corrected chi connectivity index (χ3v) is 5.32. The molecule has 0 saturated heterocycles. The topological polar surface area (TPSA) is 56.0 Å². The van der Waals surface area contributed by atoms with Crippen LogP contribution in [-0.2, 0) is 4.79 Å². The van der Waals surface area contributed by atoms with Crippen molar-refractivity contribution in [3.8, 4) is 0 Å². The van der Waals surface area contributed by atoms with Gasteiger partial charge in [-0.15, -0.1) is 0 Å². The summed E-state index contributed by atoms with van der Waals surface area (Å²) in [5.74, 6) is 0.398. The van der Waals surface area contributed by atoms with E-state index in [1.165, 1.54) is 29.1 Å². The fourth-order valence-corrected chi connectivity index (χ4v) is 3.71. The number of pyridine rings is 1. The number of nitrogens with one attached hydrogen (secondary N) is 1. The molecule has 0 unspecified atom stereocenters. The smallest absolute Gasteiger partial charge is 0.251 e. The minimum Gasteiger partial charge on any atom is -0.618 e. The molecular weight excluding hydrogens is 356 g/mol. The molecule has 4 nitrogen and oxygen atoms in total. The molecule has 0 aliphatic carbocycles. The van der Waals surface area contributed by atoms with E-state index >= 15 is 0 Å². The Morgan fingerprint density at radius 3 is 2.11 bits per heavy atom. The number of hydrogen-bond acceptors (Lipinski definition) is 3. The zero-order chi connectivity index (χ0) is 18.9. The number of hydrogen-bond donors (Lipinski definition) is 1. The Morgan fingerprint density at radius 2 is 1.52 bits per heavy atom. The van der Waals surface area contributed by atoms with Crippen molar-refractivity contribution in [3.63, 3.8) is 0 Å². The van der Waals surface area contributed by atoms with E-state index in [-0.39, 0.29) is 17.6 Å². The monoisotopic (exact) mass is 378 g/mol. The van der Waals surface area contributed by atoms with E-state index in [4.69, 9.17) is 0 Å². The predicted molar refractivity (Wildman–Crippen MR) is 108 cm³/mol. The van der Waals surface area contributed by atoms with Crippen molar-refractivity contribution in [1.82, 2.24) is 5.32 Å². The van der Waals surface area contributed by atoms with Crippen LogP contribution in [0, 0.1) is 5.21 Å². The Morgan fingerprint density at radius 1 is 0.926 bits per heavy atom. The van der Waals surface area contributed by atoms with E-state index in [0.717, 1.165) is 11.2 Å². The number of thioether (sulfide) groups is 1. The normalized spacial score (nSPS) is 10.7. The van der Waals surface area contributed by atoms with E-state index in [0.29, 0.717) is 11.6 Å². The van der Waals surface area contributed by atoms with Gasteiger partial charge in [-0.2, -0.15) is 4.73 Å². The second kappa shape index (κ2) is 9.78. The van der Waals surface area contributed by atoms with Gasteiger partial charge in [0.1, 0.15) is 0 Å². The van der Waals surface area contributed by atoms with E-state index < -0.39 is 0 Å². The summed E-state index contributed by atoms with van der Waals surface area (Å²) in [5.41, 5.74) is 2.48. The summed E-state index contributed by atoms with van der Waals surface area (Å²) in [6, 6.07) is 25.8. The molecule has 1 amide bonds. The molecule has 0 fully saturated rings. The molecule has 0 radical (unpaired) electrons. The lowest BCUT2D eigenvalue weighted by molar-refractivity contribution is -0.645. The Bertz CT molecular complexity index is 817. The van der Waals surface area contributed by atoms with Crippen molar-refractivity contribution in [2.24, 2.45) is 0 Å². The van der Waals surface area contributed by atoms with Gasteiger partial charge in [-0.25, -0.2) is 0 Å². The maximum absolute atomic E-state index is 12.1. The van der Waals surface area contributed by atoms with Gasteiger partial charge < -0.3 is 10.5 Å². The molecule has 138 valence electrons. The van der Waals surface area contributed by atoms with Crippen LogP contribution in [0.5, 0.6) is 0 Å². The quantitative estimate of drug-likeness (QED) is 0.369. The minimum atomic E-state index is -0.0660. The Balaban J connectivity index is 1.55. The molecule has 0 saturated carbocycles. The maximum atomic E-state index is 12.1. The highest BCUT2D eigenvalue weighted by Crippen LogP contribution is 2.27. The van der Waals surface area contributed by atoms with Crippen LogP contribution >= 0.6 is 11.8 Å². The molecule has 5 heteroatoms. The van der Waals surface area contributed by atoms with E-state index in [2.05, 4.69) is 29.6 Å². The van der Waals surface area contributed by atoms with Crippen LogP contribution < -0.4 is 10.0 Å². The molecule has 0 spiro atoms. The first kappa shape index (κ1) is 19.0. The predicted octanol–water partition coefficient (Wildman–Crippen LogP) is 3.75. The highest BCUT2D eigenvalue weighted by Gasteiger charge is 2.14. The molecule has 3 rings (SSSR count). The highest BCUT2D eigenvalue weighted by atomic mass is 32.2. The van der Waals surface area contributed by atoms with Gasteiger partial charge in [0.2, 0.25) is 5.91 Å². The van der Waals surface area contributed by atoms with Crippen molar-refractivity contribution in [3.05, 3.63) is 101 Å². The van der Waals surface area contributed by atoms with E-state index in [1.807, 2.05) is 36.4 Å². The number of benzene rings is 2. The van der Waals surface area contributed by atoms with Crippen LogP contribution in [0.25, 0.3) is 0 Å². The first-order valence-electron chi connectivity index (χ1n) is 8.91. The van der Waals surface area contributed by atoms with Gasteiger partial charge in [0, 0.05) is 24.6 Å². The standard InChI is InChI=1S/C22H22N2O2S/c25-21(17-27-22-13-7-8-16-24(22)26)23-15-14-20(18-9-3-1-4-10-18)19-11-5-2-6-12-19/h1-13,16,20H,14-15,17H2,(H,23,25). The summed E-state index contributed by atoms with van der Waals surface area (Å²) in [5, 5.41) is 15.1. The lowest BCUT2D eigenvalue weighted by Gasteiger charge is -2.18. The van der Waals surface area contributed by atoms with Crippen molar-refractivity contribution >= 4 is 17.7 Å². The molecule has 27 heavy (non-hydrogen) atoms. The van der Waals surface area contributed by atoms with Gasteiger partial charge in [0.15, 0.2) is 6.20 Å². The summed E-state index contributed by atoms with van der Waals surface area (Å²) in [4.78, 5) is 12.1. The average Bonchev–Trinajstić information content (AvgIpc) is 2.72. The van der Waals surface area contributed by atoms with Crippen molar-refractivity contribution < 1.29 is 9.52 Å². The zero-order valence-electron chi connectivity index (χ0n) is 15.0. The summed E-state index contributed by atoms with van der Waals surface area (Å²) >= 11 is 1.25. The molecule has 0 atom stereocenters. The van der Waals surface area contributed by atoms with Gasteiger partial charge >= 0.3 is 0 Å². The number of carbonyl (C=O) groups excluding carboxylic acids is 1. The number of nitrogens with zero attached hydrogens (tertiary/aromatic N) is 1. The van der Waals surface area contributed by atoms with Gasteiger partial charge in [-0.3, -0.25) is 4.79 Å². The van der Waals surface area contributed by atoms with Crippen LogP contribution in [-0.4, -0.2) is 18.2 Å². The SMILES string of the molecule is O=C(CSc1cccc[n+]1[O-])NCCC(c1ccccc1)c1ccccc1. The molecule has 3 aromatic rings. The average molecular weight is 378 g/mol. The zero-order valence-corrected chi connectivity index (χ0v) is 15.8. The van der Waals surface area contributed by atoms with Gasteiger partial charge in [-0.05, 0) is 35.4 Å². The van der Waals surface area contributed by atoms with Crippen LogP contribution in [0.15, 0.2) is 90.1 Å². The largest absolute Gasteiger partial charge is 0.618 e. The Kier molecular flexibility index (Phi) is 6.88. The lowest BCUT2D eigenvalue weighted by Crippen LogP contribution is -2.30. The van der Waals surface area contributed by atoms with Crippen LogP contribution in [0.1, 0.15) is 23.5 Å². The maximum Gasteiger partial charge on any atom is 0.251 e. The molecule has 1 heterocycles. The van der Waals surface area contributed by atoms with E-state index in [1.54, 1.807) is 18.2 Å². The molecule has 2 aromatic carbocycles. The first-order valence-corrected chi connectivity index (χ1v) is 9.90. The number of aromatic nitrogens is 1. The van der Waals surface area contributed by atoms with Gasteiger partial charge in [0.05, 0.1) is 5.75 Å². The fraction of sp³-hybridized carbons (Fsp3) is 0.182. The third kappa shape index (κ3) is 5.59. The number of carbonyl (C=O) groups is 1. The Hall–Kier alpha value is -2.79. The summed E-state index contributed by atoms with van der Waals surface area (Å²) < 4.78 is 0.777. The number of amides is 1. The number of rotatable bonds is 8.